The number of benzene rings is 1. The van der Waals surface area contributed by atoms with Crippen LogP contribution in [0.25, 0.3) is 0 Å². The highest BCUT2D eigenvalue weighted by atomic mass is 32.2. The maximum atomic E-state index is 13.2. The van der Waals surface area contributed by atoms with Crippen LogP contribution in [0, 0.1) is 12.8 Å². The highest BCUT2D eigenvalue weighted by Gasteiger charge is 2.43. The van der Waals surface area contributed by atoms with Gasteiger partial charge in [0.15, 0.2) is 0 Å². The van der Waals surface area contributed by atoms with Gasteiger partial charge in [0, 0.05) is 18.5 Å². The standard InChI is InChI=1S/C20H25NO2S/c1-4-20-18-9-7-5-6-8-16(3)19(18)14-21(20)24(22,23)17-12-10-15(2)11-13-17/h4-6,10-13,18,20H,1,7-9,14H2,2-3H3/b6-5-,19-16-/t18-,20+/m0/s1. The molecule has 128 valence electrons. The van der Waals surface area contributed by atoms with Crippen molar-refractivity contribution in [1.29, 1.82) is 0 Å². The molecular weight excluding hydrogens is 318 g/mol. The summed E-state index contributed by atoms with van der Waals surface area (Å²) < 4.78 is 28.0. The lowest BCUT2D eigenvalue weighted by Gasteiger charge is -2.25. The Hall–Kier alpha value is -1.65. The lowest BCUT2D eigenvalue weighted by Crippen LogP contribution is -2.36. The molecule has 0 spiro atoms. The Kier molecular flexibility index (Phi) is 4.79. The van der Waals surface area contributed by atoms with Crippen LogP contribution >= 0.6 is 0 Å². The van der Waals surface area contributed by atoms with Crippen LogP contribution in [0.3, 0.4) is 0 Å². The smallest absolute Gasteiger partial charge is 0.207 e. The molecule has 2 aliphatic rings. The molecule has 0 amide bonds. The van der Waals surface area contributed by atoms with Crippen LogP contribution in [-0.2, 0) is 10.0 Å². The van der Waals surface area contributed by atoms with E-state index in [2.05, 4.69) is 25.7 Å². The van der Waals surface area contributed by atoms with Crippen molar-refractivity contribution in [3.05, 3.63) is 65.8 Å². The molecule has 0 radical (unpaired) electrons. The number of hydrogen-bond acceptors (Lipinski definition) is 2. The van der Waals surface area contributed by atoms with Gasteiger partial charge >= 0.3 is 0 Å². The van der Waals surface area contributed by atoms with Crippen LogP contribution in [0.4, 0.5) is 0 Å². The number of sulfonamides is 1. The highest BCUT2D eigenvalue weighted by molar-refractivity contribution is 7.89. The molecule has 3 rings (SSSR count). The molecule has 24 heavy (non-hydrogen) atoms. The fraction of sp³-hybridized carbons (Fsp3) is 0.400. The van der Waals surface area contributed by atoms with Gasteiger partial charge in [0.05, 0.1) is 4.90 Å². The second-order valence-electron chi connectivity index (χ2n) is 6.75. The molecule has 0 unspecified atom stereocenters. The molecule has 0 saturated carbocycles. The van der Waals surface area contributed by atoms with E-state index in [-0.39, 0.29) is 12.0 Å². The van der Waals surface area contributed by atoms with Crippen molar-refractivity contribution in [1.82, 2.24) is 4.31 Å². The first-order chi connectivity index (χ1) is 11.4. The van der Waals surface area contributed by atoms with Crippen molar-refractivity contribution >= 4 is 10.0 Å². The van der Waals surface area contributed by atoms with E-state index in [0.717, 1.165) is 24.8 Å². The number of rotatable bonds is 3. The van der Waals surface area contributed by atoms with E-state index in [0.29, 0.717) is 11.4 Å². The third kappa shape index (κ3) is 3.01. The Morgan fingerprint density at radius 3 is 2.54 bits per heavy atom. The van der Waals surface area contributed by atoms with Crippen molar-refractivity contribution in [2.45, 2.75) is 44.0 Å². The predicted octanol–water partition coefficient (Wildman–Crippen LogP) is 4.23. The third-order valence-corrected chi connectivity index (χ3v) is 7.03. The molecule has 1 fully saturated rings. The van der Waals surface area contributed by atoms with Crippen LogP contribution < -0.4 is 0 Å². The molecular formula is C20H25NO2S. The summed E-state index contributed by atoms with van der Waals surface area (Å²) in [5.41, 5.74) is 3.63. The molecule has 4 heteroatoms. The molecule has 1 saturated heterocycles. The van der Waals surface area contributed by atoms with E-state index in [1.165, 1.54) is 11.1 Å². The van der Waals surface area contributed by atoms with Crippen LogP contribution in [0.5, 0.6) is 0 Å². The largest absolute Gasteiger partial charge is 0.243 e. The summed E-state index contributed by atoms with van der Waals surface area (Å²) in [7, 11) is -3.51. The van der Waals surface area contributed by atoms with Crippen LogP contribution in [0.2, 0.25) is 0 Å². The van der Waals surface area contributed by atoms with Crippen molar-refractivity contribution in [2.75, 3.05) is 6.54 Å². The number of allylic oxidation sites excluding steroid dienone is 3. The van der Waals surface area contributed by atoms with E-state index >= 15 is 0 Å². The summed E-state index contributed by atoms with van der Waals surface area (Å²) in [5, 5.41) is 0. The van der Waals surface area contributed by atoms with Crippen molar-refractivity contribution in [3.8, 4) is 0 Å². The summed E-state index contributed by atoms with van der Waals surface area (Å²) in [6.07, 6.45) is 9.08. The SMILES string of the molecule is C=C[C@@H]1[C@H]2CC/C=C\C/C(C)=C\2CN1S(=O)(=O)c1ccc(C)cc1. The van der Waals surface area contributed by atoms with E-state index in [4.69, 9.17) is 0 Å². The van der Waals surface area contributed by atoms with Gasteiger partial charge < -0.3 is 0 Å². The summed E-state index contributed by atoms with van der Waals surface area (Å²) in [6, 6.07) is 6.95. The molecule has 3 nitrogen and oxygen atoms in total. The van der Waals surface area contributed by atoms with Gasteiger partial charge in [0.2, 0.25) is 10.0 Å². The first-order valence-corrected chi connectivity index (χ1v) is 9.93. The van der Waals surface area contributed by atoms with Crippen molar-refractivity contribution in [3.63, 3.8) is 0 Å². The normalized spacial score (nSPS) is 29.6. The fourth-order valence-corrected chi connectivity index (χ4v) is 5.36. The molecule has 1 aliphatic heterocycles. The molecule has 1 heterocycles. The second-order valence-corrected chi connectivity index (χ2v) is 8.65. The van der Waals surface area contributed by atoms with Crippen LogP contribution in [-0.4, -0.2) is 25.3 Å². The van der Waals surface area contributed by atoms with Crippen molar-refractivity contribution in [2.24, 2.45) is 5.92 Å². The summed E-state index contributed by atoms with van der Waals surface area (Å²) in [4.78, 5) is 0.366. The zero-order valence-corrected chi connectivity index (χ0v) is 15.2. The minimum Gasteiger partial charge on any atom is -0.207 e. The van der Waals surface area contributed by atoms with Gasteiger partial charge in [-0.3, -0.25) is 0 Å². The molecule has 0 N–H and O–H groups in total. The Labute approximate surface area is 145 Å². The Bertz CT molecular complexity index is 787. The number of hydrogen-bond donors (Lipinski definition) is 0. The Morgan fingerprint density at radius 2 is 1.88 bits per heavy atom. The minimum absolute atomic E-state index is 0.159. The predicted molar refractivity (Wildman–Crippen MR) is 98.2 cm³/mol. The average molecular weight is 343 g/mol. The van der Waals surface area contributed by atoms with E-state index in [1.807, 2.05) is 25.1 Å². The Balaban J connectivity index is 2.02. The minimum atomic E-state index is -3.51. The summed E-state index contributed by atoms with van der Waals surface area (Å²) in [6.45, 7) is 8.51. The molecule has 1 aliphatic carbocycles. The monoisotopic (exact) mass is 343 g/mol. The second kappa shape index (κ2) is 6.69. The zero-order chi connectivity index (χ0) is 17.3. The number of nitrogens with zero attached hydrogens (tertiary/aromatic N) is 1. The van der Waals surface area contributed by atoms with Gasteiger partial charge in [-0.1, -0.05) is 47.1 Å². The summed E-state index contributed by atoms with van der Waals surface area (Å²) >= 11 is 0. The average Bonchev–Trinajstić information content (AvgIpc) is 2.91. The molecule has 0 bridgehead atoms. The van der Waals surface area contributed by atoms with E-state index in [1.54, 1.807) is 16.4 Å². The first kappa shape index (κ1) is 17.2. The van der Waals surface area contributed by atoms with Gasteiger partial charge in [-0.15, -0.1) is 6.58 Å². The maximum Gasteiger partial charge on any atom is 0.243 e. The van der Waals surface area contributed by atoms with Gasteiger partial charge in [0.1, 0.15) is 0 Å². The van der Waals surface area contributed by atoms with E-state index in [9.17, 15) is 8.42 Å². The summed E-state index contributed by atoms with van der Waals surface area (Å²) in [5.74, 6) is 0.243. The lowest BCUT2D eigenvalue weighted by molar-refractivity contribution is 0.383. The lowest BCUT2D eigenvalue weighted by atomic mass is 9.86. The van der Waals surface area contributed by atoms with Gasteiger partial charge in [-0.2, -0.15) is 4.31 Å². The molecule has 1 aromatic rings. The maximum absolute atomic E-state index is 13.2. The highest BCUT2D eigenvalue weighted by Crippen LogP contribution is 2.40. The molecule has 0 aromatic heterocycles. The Morgan fingerprint density at radius 1 is 1.17 bits per heavy atom. The zero-order valence-electron chi connectivity index (χ0n) is 14.4. The van der Waals surface area contributed by atoms with Gasteiger partial charge in [-0.25, -0.2) is 8.42 Å². The number of aryl methyl sites for hydroxylation is 1. The van der Waals surface area contributed by atoms with Crippen LogP contribution in [0.15, 0.2) is 65.1 Å². The van der Waals surface area contributed by atoms with Crippen molar-refractivity contribution < 1.29 is 8.42 Å². The topological polar surface area (TPSA) is 37.4 Å². The van der Waals surface area contributed by atoms with Gasteiger partial charge in [-0.05, 0) is 45.2 Å². The quantitative estimate of drug-likeness (QED) is 0.770. The molecule has 2 atom stereocenters. The number of fused-ring (bicyclic) bond motifs is 1. The van der Waals surface area contributed by atoms with E-state index < -0.39 is 10.0 Å². The van der Waals surface area contributed by atoms with Crippen LogP contribution in [0.1, 0.15) is 31.7 Å². The third-order valence-electron chi connectivity index (χ3n) is 5.17. The fourth-order valence-electron chi connectivity index (χ4n) is 3.75. The molecule has 1 aromatic carbocycles. The van der Waals surface area contributed by atoms with Gasteiger partial charge in [0.25, 0.3) is 0 Å². The first-order valence-electron chi connectivity index (χ1n) is 8.49.